The second-order valence-corrected chi connectivity index (χ2v) is 9.03. The SMILES string of the molecule is CC(C)(O)c1ccc(-c2nc3c(-c4ccc(OC5CCOCC5)c(C#N)c4)nccc3[nH]2)cc1. The first kappa shape index (κ1) is 22.1. The lowest BCUT2D eigenvalue weighted by Crippen LogP contribution is -2.26. The van der Waals surface area contributed by atoms with Gasteiger partial charge in [0.2, 0.25) is 0 Å². The molecule has 7 heteroatoms. The van der Waals surface area contributed by atoms with Crippen LogP contribution in [0.3, 0.4) is 0 Å². The quantitative estimate of drug-likeness (QED) is 0.442. The lowest BCUT2D eigenvalue weighted by Gasteiger charge is -2.23. The minimum absolute atomic E-state index is 0.0601. The van der Waals surface area contributed by atoms with Crippen LogP contribution in [0.25, 0.3) is 33.7 Å². The molecule has 7 nitrogen and oxygen atoms in total. The molecular formula is C27H26N4O3. The van der Waals surface area contributed by atoms with Gasteiger partial charge in [0.25, 0.3) is 0 Å². The highest BCUT2D eigenvalue weighted by molar-refractivity contribution is 5.91. The number of nitrogens with one attached hydrogen (secondary N) is 1. The first-order valence-corrected chi connectivity index (χ1v) is 11.4. The molecule has 2 aromatic heterocycles. The van der Waals surface area contributed by atoms with E-state index in [1.165, 1.54) is 0 Å². The van der Waals surface area contributed by atoms with Gasteiger partial charge >= 0.3 is 0 Å². The Morgan fingerprint density at radius 2 is 1.82 bits per heavy atom. The van der Waals surface area contributed by atoms with Crippen molar-refractivity contribution in [2.24, 2.45) is 0 Å². The van der Waals surface area contributed by atoms with Gasteiger partial charge in [-0.3, -0.25) is 4.98 Å². The standard InChI is InChI=1S/C27H26N4O3/c1-27(2,32)20-6-3-17(4-7-20)26-30-22-9-12-29-24(25(22)31-26)18-5-8-23(19(15-18)16-28)34-21-10-13-33-14-11-21/h3-9,12,15,21,32H,10-11,13-14H2,1-2H3,(H,30,31). The maximum atomic E-state index is 10.2. The van der Waals surface area contributed by atoms with Crippen molar-refractivity contribution in [3.63, 3.8) is 0 Å². The van der Waals surface area contributed by atoms with Crippen molar-refractivity contribution in [1.29, 1.82) is 5.26 Å². The Morgan fingerprint density at radius 3 is 2.53 bits per heavy atom. The van der Waals surface area contributed by atoms with Gasteiger partial charge in [-0.2, -0.15) is 5.26 Å². The third-order valence-corrected chi connectivity index (χ3v) is 6.10. The summed E-state index contributed by atoms with van der Waals surface area (Å²) in [5.41, 5.74) is 4.40. The highest BCUT2D eigenvalue weighted by Gasteiger charge is 2.19. The van der Waals surface area contributed by atoms with Crippen molar-refractivity contribution in [1.82, 2.24) is 15.0 Å². The lowest BCUT2D eigenvalue weighted by molar-refractivity contribution is 0.0254. The third-order valence-electron chi connectivity index (χ3n) is 6.10. The van der Waals surface area contributed by atoms with Gasteiger partial charge in [-0.15, -0.1) is 0 Å². The summed E-state index contributed by atoms with van der Waals surface area (Å²) in [5.74, 6) is 1.30. The van der Waals surface area contributed by atoms with Crippen molar-refractivity contribution in [3.8, 4) is 34.5 Å². The number of imidazole rings is 1. The Labute approximate surface area is 198 Å². The highest BCUT2D eigenvalue weighted by Crippen LogP contribution is 2.32. The van der Waals surface area contributed by atoms with Crippen molar-refractivity contribution in [3.05, 3.63) is 65.9 Å². The van der Waals surface area contributed by atoms with Crippen molar-refractivity contribution >= 4 is 11.0 Å². The van der Waals surface area contributed by atoms with Crippen molar-refractivity contribution in [2.75, 3.05) is 13.2 Å². The number of rotatable bonds is 5. The second-order valence-electron chi connectivity index (χ2n) is 9.03. The number of benzene rings is 2. The van der Waals surface area contributed by atoms with Crippen LogP contribution >= 0.6 is 0 Å². The minimum atomic E-state index is -0.900. The largest absolute Gasteiger partial charge is 0.489 e. The fourth-order valence-corrected chi connectivity index (χ4v) is 4.16. The molecule has 1 fully saturated rings. The number of H-pyrrole nitrogens is 1. The molecule has 5 rings (SSSR count). The van der Waals surface area contributed by atoms with E-state index in [1.807, 2.05) is 48.5 Å². The maximum Gasteiger partial charge on any atom is 0.138 e. The molecule has 1 aliphatic rings. The molecule has 0 radical (unpaired) electrons. The summed E-state index contributed by atoms with van der Waals surface area (Å²) in [6, 6.07) is 17.4. The normalized spacial score (nSPS) is 14.8. The first-order chi connectivity index (χ1) is 16.4. The maximum absolute atomic E-state index is 10.2. The molecule has 1 saturated heterocycles. The Hall–Kier alpha value is -3.73. The van der Waals surface area contributed by atoms with Gasteiger partial charge in [0, 0.05) is 30.2 Å². The molecule has 0 unspecified atom stereocenters. The van der Waals surface area contributed by atoms with E-state index in [4.69, 9.17) is 14.5 Å². The fraction of sp³-hybridized carbons (Fsp3) is 0.296. The highest BCUT2D eigenvalue weighted by atomic mass is 16.5. The number of hydrogen-bond acceptors (Lipinski definition) is 6. The molecule has 0 saturated carbocycles. The predicted molar refractivity (Wildman–Crippen MR) is 129 cm³/mol. The van der Waals surface area contributed by atoms with Crippen LogP contribution in [0.4, 0.5) is 0 Å². The van der Waals surface area contributed by atoms with E-state index < -0.39 is 5.60 Å². The fourth-order valence-electron chi connectivity index (χ4n) is 4.16. The molecule has 0 amide bonds. The number of fused-ring (bicyclic) bond motifs is 1. The number of nitriles is 1. The molecule has 0 aliphatic carbocycles. The Balaban J connectivity index is 1.48. The summed E-state index contributed by atoms with van der Waals surface area (Å²) >= 11 is 0. The van der Waals surface area contributed by atoms with Crippen LogP contribution in [-0.2, 0) is 10.3 Å². The second kappa shape index (κ2) is 8.90. The number of pyridine rings is 1. The number of aliphatic hydroxyl groups is 1. The molecule has 0 atom stereocenters. The average molecular weight is 455 g/mol. The zero-order chi connectivity index (χ0) is 23.7. The van der Waals surface area contributed by atoms with Gasteiger partial charge < -0.3 is 19.6 Å². The van der Waals surface area contributed by atoms with E-state index in [-0.39, 0.29) is 6.10 Å². The van der Waals surface area contributed by atoms with Gasteiger partial charge in [0.05, 0.1) is 35.6 Å². The molecule has 0 bridgehead atoms. The molecule has 2 N–H and O–H groups in total. The van der Waals surface area contributed by atoms with Crippen LogP contribution in [0.2, 0.25) is 0 Å². The van der Waals surface area contributed by atoms with Gasteiger partial charge in [-0.25, -0.2) is 4.98 Å². The van der Waals surface area contributed by atoms with Gasteiger partial charge in [0.15, 0.2) is 0 Å². The van der Waals surface area contributed by atoms with E-state index in [1.54, 1.807) is 20.0 Å². The summed E-state index contributed by atoms with van der Waals surface area (Å²) in [4.78, 5) is 12.7. The summed E-state index contributed by atoms with van der Waals surface area (Å²) < 4.78 is 11.5. The zero-order valence-corrected chi connectivity index (χ0v) is 19.2. The average Bonchev–Trinajstić information content (AvgIpc) is 3.29. The van der Waals surface area contributed by atoms with E-state index in [0.29, 0.717) is 36.0 Å². The van der Waals surface area contributed by atoms with Crippen LogP contribution in [0.5, 0.6) is 5.75 Å². The van der Waals surface area contributed by atoms with E-state index in [0.717, 1.165) is 40.6 Å². The zero-order valence-electron chi connectivity index (χ0n) is 19.2. The van der Waals surface area contributed by atoms with Gasteiger partial charge in [-0.1, -0.05) is 24.3 Å². The number of hydrogen-bond donors (Lipinski definition) is 2. The van der Waals surface area contributed by atoms with Crippen LogP contribution in [0.1, 0.15) is 37.8 Å². The Bertz CT molecular complexity index is 1360. The molecule has 3 heterocycles. The van der Waals surface area contributed by atoms with Crippen molar-refractivity contribution < 1.29 is 14.6 Å². The molecule has 34 heavy (non-hydrogen) atoms. The van der Waals surface area contributed by atoms with Crippen molar-refractivity contribution in [2.45, 2.75) is 38.4 Å². The van der Waals surface area contributed by atoms with E-state index in [2.05, 4.69) is 16.0 Å². The monoisotopic (exact) mass is 454 g/mol. The third kappa shape index (κ3) is 4.38. The summed E-state index contributed by atoms with van der Waals surface area (Å²) in [6.45, 7) is 4.88. The lowest BCUT2D eigenvalue weighted by atomic mass is 9.97. The summed E-state index contributed by atoms with van der Waals surface area (Å²) in [6.07, 6.45) is 3.43. The Kier molecular flexibility index (Phi) is 5.78. The van der Waals surface area contributed by atoms with Gasteiger partial charge in [-0.05, 0) is 43.7 Å². The van der Waals surface area contributed by atoms with Crippen LogP contribution < -0.4 is 4.74 Å². The molecule has 2 aromatic carbocycles. The molecule has 0 spiro atoms. The molecule has 1 aliphatic heterocycles. The topological polar surface area (TPSA) is 104 Å². The number of aromatic nitrogens is 3. The summed E-state index contributed by atoms with van der Waals surface area (Å²) in [5, 5.41) is 20.0. The predicted octanol–water partition coefficient (Wildman–Crippen LogP) is 4.95. The van der Waals surface area contributed by atoms with E-state index >= 15 is 0 Å². The minimum Gasteiger partial charge on any atom is -0.489 e. The van der Waals surface area contributed by atoms with Crippen LogP contribution in [0.15, 0.2) is 54.7 Å². The number of ether oxygens (including phenoxy) is 2. The number of aromatic amines is 1. The first-order valence-electron chi connectivity index (χ1n) is 11.4. The van der Waals surface area contributed by atoms with Crippen LogP contribution in [-0.4, -0.2) is 39.4 Å². The van der Waals surface area contributed by atoms with Gasteiger partial charge in [0.1, 0.15) is 29.3 Å². The number of nitrogens with zero attached hydrogens (tertiary/aromatic N) is 3. The Morgan fingerprint density at radius 1 is 1.09 bits per heavy atom. The van der Waals surface area contributed by atoms with Crippen LogP contribution in [0, 0.1) is 11.3 Å². The molecule has 4 aromatic rings. The smallest absolute Gasteiger partial charge is 0.138 e. The molecule has 172 valence electrons. The van der Waals surface area contributed by atoms with E-state index in [9.17, 15) is 10.4 Å². The summed E-state index contributed by atoms with van der Waals surface area (Å²) in [7, 11) is 0. The molecular weight excluding hydrogens is 428 g/mol.